The molecule has 0 N–H and O–H groups in total. The summed E-state index contributed by atoms with van der Waals surface area (Å²) >= 11 is 0. The summed E-state index contributed by atoms with van der Waals surface area (Å²) < 4.78 is 11.9. The molecular formula is C15H18N2O3. The largest absolute Gasteiger partial charge is 0.462 e. The number of rotatable bonds is 6. The highest BCUT2D eigenvalue weighted by Crippen LogP contribution is 2.09. The van der Waals surface area contributed by atoms with Crippen molar-refractivity contribution in [1.29, 1.82) is 0 Å². The lowest BCUT2D eigenvalue weighted by Gasteiger charge is -2.08. The molecule has 0 spiro atoms. The molecule has 1 aromatic heterocycles. The number of carbonyl (C=O) groups is 1. The van der Waals surface area contributed by atoms with Crippen molar-refractivity contribution in [2.24, 2.45) is 0 Å². The van der Waals surface area contributed by atoms with Crippen LogP contribution in [0.1, 0.15) is 23.7 Å². The van der Waals surface area contributed by atoms with Crippen LogP contribution in [0.25, 0.3) is 5.69 Å². The Kier molecular flexibility index (Phi) is 4.90. The summed E-state index contributed by atoms with van der Waals surface area (Å²) in [7, 11) is 1.64. The lowest BCUT2D eigenvalue weighted by atomic mass is 10.3. The Bertz CT molecular complexity index is 551. The number of hydrogen-bond acceptors (Lipinski definition) is 4. The van der Waals surface area contributed by atoms with Crippen molar-refractivity contribution >= 4 is 5.97 Å². The number of nitrogens with zero attached hydrogens (tertiary/aromatic N) is 2. The fourth-order valence-electron chi connectivity index (χ4n) is 1.67. The van der Waals surface area contributed by atoms with Crippen LogP contribution >= 0.6 is 0 Å². The van der Waals surface area contributed by atoms with Crippen molar-refractivity contribution in [1.82, 2.24) is 9.78 Å². The van der Waals surface area contributed by atoms with Gasteiger partial charge in [0, 0.05) is 19.7 Å². The van der Waals surface area contributed by atoms with Gasteiger partial charge in [-0.3, -0.25) is 0 Å². The summed E-state index contributed by atoms with van der Waals surface area (Å²) in [5.41, 5.74) is 1.35. The van der Waals surface area contributed by atoms with Crippen LogP contribution in [0.15, 0.2) is 42.7 Å². The quantitative estimate of drug-likeness (QED) is 0.759. The lowest BCUT2D eigenvalue weighted by Crippen LogP contribution is -2.12. The first kappa shape index (κ1) is 14.3. The summed E-state index contributed by atoms with van der Waals surface area (Å²) in [6, 6.07) is 9.60. The number of methoxy groups -OCH3 is 1. The number of para-hydroxylation sites is 1. The van der Waals surface area contributed by atoms with Crippen LogP contribution in [-0.4, -0.2) is 35.6 Å². The third-order valence-corrected chi connectivity index (χ3v) is 3.00. The SMILES string of the molecule is COC(C)CCOC(=O)c1cnn(-c2ccccc2)c1. The van der Waals surface area contributed by atoms with Crippen LogP contribution in [0.4, 0.5) is 0 Å². The van der Waals surface area contributed by atoms with E-state index in [0.717, 1.165) is 5.69 Å². The second-order valence-electron chi connectivity index (χ2n) is 4.48. The maximum absolute atomic E-state index is 11.8. The van der Waals surface area contributed by atoms with Gasteiger partial charge in [-0.2, -0.15) is 5.10 Å². The van der Waals surface area contributed by atoms with Crippen molar-refractivity contribution in [2.45, 2.75) is 19.4 Å². The van der Waals surface area contributed by atoms with Gasteiger partial charge in [0.2, 0.25) is 0 Å². The lowest BCUT2D eigenvalue weighted by molar-refractivity contribution is 0.0391. The maximum atomic E-state index is 11.8. The summed E-state index contributed by atoms with van der Waals surface area (Å²) in [6.07, 6.45) is 3.93. The predicted molar refractivity (Wildman–Crippen MR) is 74.9 cm³/mol. The Balaban J connectivity index is 1.93. The Hall–Kier alpha value is -2.14. The smallest absolute Gasteiger partial charge is 0.341 e. The first-order chi connectivity index (χ1) is 9.70. The molecule has 1 unspecified atom stereocenters. The summed E-state index contributed by atoms with van der Waals surface area (Å²) in [6.45, 7) is 2.27. The average molecular weight is 274 g/mol. The van der Waals surface area contributed by atoms with Crippen LogP contribution in [-0.2, 0) is 9.47 Å². The van der Waals surface area contributed by atoms with E-state index in [9.17, 15) is 4.79 Å². The normalized spacial score (nSPS) is 12.1. The van der Waals surface area contributed by atoms with E-state index in [1.165, 1.54) is 6.20 Å². The Morgan fingerprint density at radius 3 is 2.80 bits per heavy atom. The van der Waals surface area contributed by atoms with E-state index in [4.69, 9.17) is 9.47 Å². The van der Waals surface area contributed by atoms with Crippen molar-refractivity contribution in [3.8, 4) is 5.69 Å². The van der Waals surface area contributed by atoms with Gasteiger partial charge in [-0.15, -0.1) is 0 Å². The number of ether oxygens (including phenoxy) is 2. The molecule has 2 rings (SSSR count). The molecule has 1 heterocycles. The number of benzene rings is 1. The molecule has 0 saturated carbocycles. The zero-order chi connectivity index (χ0) is 14.4. The van der Waals surface area contributed by atoms with E-state index in [1.54, 1.807) is 18.0 Å². The number of esters is 1. The molecule has 0 bridgehead atoms. The predicted octanol–water partition coefficient (Wildman–Crippen LogP) is 2.45. The first-order valence-corrected chi connectivity index (χ1v) is 6.50. The number of carbonyl (C=O) groups excluding carboxylic acids is 1. The monoisotopic (exact) mass is 274 g/mol. The van der Waals surface area contributed by atoms with Gasteiger partial charge in [0.1, 0.15) is 0 Å². The van der Waals surface area contributed by atoms with Crippen LogP contribution in [0.3, 0.4) is 0 Å². The van der Waals surface area contributed by atoms with E-state index in [2.05, 4.69) is 5.10 Å². The van der Waals surface area contributed by atoms with Crippen molar-refractivity contribution in [2.75, 3.05) is 13.7 Å². The highest BCUT2D eigenvalue weighted by atomic mass is 16.5. The maximum Gasteiger partial charge on any atom is 0.341 e. The van der Waals surface area contributed by atoms with E-state index in [-0.39, 0.29) is 12.1 Å². The molecule has 1 aromatic carbocycles. The van der Waals surface area contributed by atoms with Crippen LogP contribution < -0.4 is 0 Å². The molecule has 0 radical (unpaired) electrons. The van der Waals surface area contributed by atoms with Crippen molar-refractivity contribution in [3.05, 3.63) is 48.3 Å². The molecule has 0 fully saturated rings. The molecule has 20 heavy (non-hydrogen) atoms. The third kappa shape index (κ3) is 3.68. The Morgan fingerprint density at radius 1 is 1.35 bits per heavy atom. The highest BCUT2D eigenvalue weighted by molar-refractivity contribution is 5.88. The molecule has 0 aliphatic rings. The molecule has 0 saturated heterocycles. The summed E-state index contributed by atoms with van der Waals surface area (Å²) in [5, 5.41) is 4.16. The average Bonchev–Trinajstić information content (AvgIpc) is 2.97. The number of aromatic nitrogens is 2. The minimum Gasteiger partial charge on any atom is -0.462 e. The summed E-state index contributed by atoms with van der Waals surface area (Å²) in [5.74, 6) is -0.365. The minimum absolute atomic E-state index is 0.0786. The number of hydrogen-bond donors (Lipinski definition) is 0. The van der Waals surface area contributed by atoms with Gasteiger partial charge in [0.05, 0.1) is 30.2 Å². The standard InChI is InChI=1S/C15H18N2O3/c1-12(19-2)8-9-20-15(18)13-10-16-17(11-13)14-6-4-3-5-7-14/h3-7,10-12H,8-9H2,1-2H3. The zero-order valence-electron chi connectivity index (χ0n) is 11.7. The fraction of sp³-hybridized carbons (Fsp3) is 0.333. The van der Waals surface area contributed by atoms with Crippen molar-refractivity contribution in [3.63, 3.8) is 0 Å². The first-order valence-electron chi connectivity index (χ1n) is 6.50. The second kappa shape index (κ2) is 6.86. The zero-order valence-corrected chi connectivity index (χ0v) is 11.7. The van der Waals surface area contributed by atoms with E-state index in [0.29, 0.717) is 18.6 Å². The van der Waals surface area contributed by atoms with Gasteiger partial charge < -0.3 is 9.47 Å². The molecule has 106 valence electrons. The summed E-state index contributed by atoms with van der Waals surface area (Å²) in [4.78, 5) is 11.8. The van der Waals surface area contributed by atoms with Gasteiger partial charge in [-0.1, -0.05) is 18.2 Å². The van der Waals surface area contributed by atoms with E-state index < -0.39 is 0 Å². The van der Waals surface area contributed by atoms with Crippen molar-refractivity contribution < 1.29 is 14.3 Å². The van der Waals surface area contributed by atoms with E-state index in [1.807, 2.05) is 37.3 Å². The fourth-order valence-corrected chi connectivity index (χ4v) is 1.67. The van der Waals surface area contributed by atoms with Gasteiger partial charge in [-0.05, 0) is 19.1 Å². The topological polar surface area (TPSA) is 53.4 Å². The van der Waals surface area contributed by atoms with Gasteiger partial charge in [-0.25, -0.2) is 9.48 Å². The molecule has 5 nitrogen and oxygen atoms in total. The third-order valence-electron chi connectivity index (χ3n) is 3.00. The Labute approximate surface area is 118 Å². The molecule has 1 atom stereocenters. The van der Waals surface area contributed by atoms with Crippen LogP contribution in [0.5, 0.6) is 0 Å². The second-order valence-corrected chi connectivity index (χ2v) is 4.48. The molecule has 0 aliphatic carbocycles. The van der Waals surface area contributed by atoms with Crippen LogP contribution in [0.2, 0.25) is 0 Å². The molecular weight excluding hydrogens is 256 g/mol. The highest BCUT2D eigenvalue weighted by Gasteiger charge is 2.11. The molecule has 0 amide bonds. The molecule has 0 aliphatic heterocycles. The van der Waals surface area contributed by atoms with Gasteiger partial charge in [0.15, 0.2) is 0 Å². The van der Waals surface area contributed by atoms with Gasteiger partial charge in [0.25, 0.3) is 0 Å². The van der Waals surface area contributed by atoms with Crippen LogP contribution in [0, 0.1) is 0 Å². The molecule has 5 heteroatoms. The van der Waals surface area contributed by atoms with E-state index >= 15 is 0 Å². The Morgan fingerprint density at radius 2 is 2.10 bits per heavy atom. The minimum atomic E-state index is -0.365. The van der Waals surface area contributed by atoms with Gasteiger partial charge >= 0.3 is 5.97 Å². The molecule has 2 aromatic rings.